The molecule has 0 aliphatic carbocycles. The average molecular weight is 451 g/mol. The van der Waals surface area contributed by atoms with Crippen LogP contribution in [0.2, 0.25) is 0 Å². The van der Waals surface area contributed by atoms with Crippen LogP contribution in [0.4, 0.5) is 10.2 Å². The Bertz CT molecular complexity index is 1000. The highest BCUT2D eigenvalue weighted by atomic mass is 79.9. The Morgan fingerprint density at radius 3 is 2.68 bits per heavy atom. The van der Waals surface area contributed by atoms with Crippen LogP contribution in [0.3, 0.4) is 0 Å². The van der Waals surface area contributed by atoms with Crippen LogP contribution in [0.15, 0.2) is 22.9 Å². The number of aromatic nitrogens is 4. The predicted molar refractivity (Wildman–Crippen MR) is 106 cm³/mol. The molecule has 0 aliphatic rings. The van der Waals surface area contributed by atoms with Gasteiger partial charge in [-0.1, -0.05) is 13.8 Å². The van der Waals surface area contributed by atoms with Crippen LogP contribution in [0.1, 0.15) is 25.0 Å². The van der Waals surface area contributed by atoms with Crippen molar-refractivity contribution in [2.75, 3.05) is 26.1 Å². The van der Waals surface area contributed by atoms with Crippen LogP contribution < -0.4 is 10.5 Å². The summed E-state index contributed by atoms with van der Waals surface area (Å²) in [6.45, 7) is 4.73. The van der Waals surface area contributed by atoms with Gasteiger partial charge in [0.05, 0.1) is 24.8 Å². The van der Waals surface area contributed by atoms with E-state index in [1.807, 2.05) is 19.9 Å². The van der Waals surface area contributed by atoms with Gasteiger partial charge >= 0.3 is 6.01 Å². The second kappa shape index (κ2) is 9.96. The van der Waals surface area contributed by atoms with Gasteiger partial charge in [0.1, 0.15) is 12.4 Å². The number of ether oxygens (including phenoxy) is 2. The molecule has 0 saturated carbocycles. The number of nitriles is 1. The fourth-order valence-corrected chi connectivity index (χ4v) is 2.80. The van der Waals surface area contributed by atoms with Gasteiger partial charge in [0, 0.05) is 12.7 Å². The number of fused-ring (bicyclic) bond motifs is 1. The molecule has 0 atom stereocenters. The normalized spacial score (nSPS) is 10.3. The Morgan fingerprint density at radius 2 is 2.00 bits per heavy atom. The van der Waals surface area contributed by atoms with E-state index in [9.17, 15) is 4.39 Å². The SMILES string of the molecule is CC.COCCOc1nc(N)c2nc(Br)n(Cc3cc(C#N)ccc3F)c2n1. The Hall–Kier alpha value is -2.77. The van der Waals surface area contributed by atoms with Crippen molar-refractivity contribution in [3.63, 3.8) is 0 Å². The fourth-order valence-electron chi connectivity index (χ4n) is 2.33. The molecule has 28 heavy (non-hydrogen) atoms. The maximum atomic E-state index is 14.1. The fraction of sp³-hybridized carbons (Fsp3) is 0.333. The van der Waals surface area contributed by atoms with Gasteiger partial charge in [-0.3, -0.25) is 4.57 Å². The summed E-state index contributed by atoms with van der Waals surface area (Å²) in [5.74, 6) is -0.288. The van der Waals surface area contributed by atoms with Crippen LogP contribution in [-0.2, 0) is 11.3 Å². The number of rotatable bonds is 6. The summed E-state index contributed by atoms with van der Waals surface area (Å²) in [5.41, 5.74) is 7.38. The lowest BCUT2D eigenvalue weighted by Gasteiger charge is -2.09. The van der Waals surface area contributed by atoms with Crippen molar-refractivity contribution in [2.24, 2.45) is 0 Å². The summed E-state index contributed by atoms with van der Waals surface area (Å²) >= 11 is 3.33. The maximum absolute atomic E-state index is 14.1. The molecule has 2 aromatic heterocycles. The van der Waals surface area contributed by atoms with Gasteiger partial charge in [0.25, 0.3) is 0 Å². The van der Waals surface area contributed by atoms with Gasteiger partial charge in [-0.25, -0.2) is 9.37 Å². The lowest BCUT2D eigenvalue weighted by molar-refractivity contribution is 0.141. The second-order valence-corrected chi connectivity index (χ2v) is 6.00. The quantitative estimate of drug-likeness (QED) is 0.452. The summed E-state index contributed by atoms with van der Waals surface area (Å²) in [6.07, 6.45) is 0. The summed E-state index contributed by atoms with van der Waals surface area (Å²) in [7, 11) is 1.55. The molecule has 8 nitrogen and oxygen atoms in total. The van der Waals surface area contributed by atoms with Crippen molar-refractivity contribution < 1.29 is 13.9 Å². The Kier molecular flexibility index (Phi) is 7.66. The average Bonchev–Trinajstić information content (AvgIpc) is 3.01. The van der Waals surface area contributed by atoms with E-state index in [1.54, 1.807) is 11.7 Å². The van der Waals surface area contributed by atoms with Crippen LogP contribution in [0, 0.1) is 17.1 Å². The highest BCUT2D eigenvalue weighted by Gasteiger charge is 2.17. The number of anilines is 1. The summed E-state index contributed by atoms with van der Waals surface area (Å²) in [6, 6.07) is 6.22. The van der Waals surface area contributed by atoms with Crippen molar-refractivity contribution in [3.8, 4) is 12.1 Å². The van der Waals surface area contributed by atoms with Gasteiger partial charge in [-0.15, -0.1) is 0 Å². The number of hydrogen-bond acceptors (Lipinski definition) is 7. The third kappa shape index (κ3) is 4.74. The Balaban J connectivity index is 0.00000136. The number of nitrogens with two attached hydrogens (primary N) is 1. The number of benzene rings is 1. The molecule has 3 rings (SSSR count). The first-order valence-electron chi connectivity index (χ1n) is 8.53. The summed E-state index contributed by atoms with van der Waals surface area (Å²) < 4.78 is 26.5. The molecule has 3 aromatic rings. The number of imidazole rings is 1. The van der Waals surface area contributed by atoms with E-state index in [2.05, 4.69) is 30.9 Å². The second-order valence-electron chi connectivity index (χ2n) is 5.29. The number of methoxy groups -OCH3 is 1. The molecular formula is C18H20BrFN6O2. The molecule has 148 valence electrons. The third-order valence-corrected chi connectivity index (χ3v) is 4.18. The topological polar surface area (TPSA) is 112 Å². The predicted octanol–water partition coefficient (Wildman–Crippen LogP) is 3.28. The van der Waals surface area contributed by atoms with Gasteiger partial charge in [-0.2, -0.15) is 15.2 Å². The molecule has 1 aromatic carbocycles. The zero-order valence-electron chi connectivity index (χ0n) is 15.7. The van der Waals surface area contributed by atoms with E-state index >= 15 is 0 Å². The van der Waals surface area contributed by atoms with Crippen LogP contribution in [0.5, 0.6) is 6.01 Å². The highest BCUT2D eigenvalue weighted by molar-refractivity contribution is 9.10. The van der Waals surface area contributed by atoms with Crippen LogP contribution >= 0.6 is 15.9 Å². The molecule has 0 fully saturated rings. The van der Waals surface area contributed by atoms with Crippen LogP contribution in [-0.4, -0.2) is 39.8 Å². The van der Waals surface area contributed by atoms with E-state index < -0.39 is 5.82 Å². The number of nitrogens with zero attached hydrogens (tertiary/aromatic N) is 5. The standard InChI is InChI=1S/C16H14BrFN6O2.C2H6/c1-25-4-5-26-16-22-13(20)12-14(23-16)24(15(17)21-12)8-10-6-9(7-19)2-3-11(10)18;1-2/h2-3,6H,4-5,8H2,1H3,(H2,20,22,23);1-2H3. The van der Waals surface area contributed by atoms with E-state index in [-0.39, 0.29) is 25.0 Å². The number of hydrogen-bond donors (Lipinski definition) is 1. The molecule has 0 amide bonds. The third-order valence-electron chi connectivity index (χ3n) is 3.58. The molecule has 0 radical (unpaired) electrons. The first-order valence-corrected chi connectivity index (χ1v) is 9.32. The van der Waals surface area contributed by atoms with Crippen molar-refractivity contribution in [1.29, 1.82) is 5.26 Å². The first-order chi connectivity index (χ1) is 13.5. The summed E-state index contributed by atoms with van der Waals surface area (Å²) in [5, 5.41) is 9.02. The molecule has 0 unspecified atom stereocenters. The Morgan fingerprint density at radius 1 is 1.25 bits per heavy atom. The Labute approximate surface area is 170 Å². The first kappa shape index (κ1) is 21.5. The summed E-state index contributed by atoms with van der Waals surface area (Å²) in [4.78, 5) is 12.6. The van der Waals surface area contributed by atoms with Gasteiger partial charge < -0.3 is 15.2 Å². The van der Waals surface area contributed by atoms with Crippen molar-refractivity contribution in [1.82, 2.24) is 19.5 Å². The number of nitrogen functional groups attached to an aromatic ring is 1. The minimum absolute atomic E-state index is 0.0759. The van der Waals surface area contributed by atoms with E-state index in [1.165, 1.54) is 18.2 Å². The minimum Gasteiger partial charge on any atom is -0.461 e. The monoisotopic (exact) mass is 450 g/mol. The van der Waals surface area contributed by atoms with E-state index in [4.69, 9.17) is 20.5 Å². The van der Waals surface area contributed by atoms with Crippen LogP contribution in [0.25, 0.3) is 11.2 Å². The molecule has 0 spiro atoms. The maximum Gasteiger partial charge on any atom is 0.320 e. The van der Waals surface area contributed by atoms with Crippen molar-refractivity contribution >= 4 is 32.9 Å². The lowest BCUT2D eigenvalue weighted by atomic mass is 10.1. The van der Waals surface area contributed by atoms with Gasteiger partial charge in [0.2, 0.25) is 0 Å². The van der Waals surface area contributed by atoms with Crippen molar-refractivity contribution in [2.45, 2.75) is 20.4 Å². The van der Waals surface area contributed by atoms with E-state index in [0.717, 1.165) is 0 Å². The molecule has 2 N–H and O–H groups in total. The highest BCUT2D eigenvalue weighted by Crippen LogP contribution is 2.26. The van der Waals surface area contributed by atoms with Gasteiger partial charge in [-0.05, 0) is 34.1 Å². The molecule has 2 heterocycles. The molecule has 0 saturated heterocycles. The molecule has 0 bridgehead atoms. The number of halogens is 2. The smallest absolute Gasteiger partial charge is 0.320 e. The lowest BCUT2D eigenvalue weighted by Crippen LogP contribution is -2.09. The molecule has 10 heteroatoms. The minimum atomic E-state index is -0.434. The zero-order valence-corrected chi connectivity index (χ0v) is 17.3. The molecular weight excluding hydrogens is 431 g/mol. The van der Waals surface area contributed by atoms with Crippen molar-refractivity contribution in [3.05, 3.63) is 39.9 Å². The largest absolute Gasteiger partial charge is 0.461 e. The van der Waals surface area contributed by atoms with E-state index in [0.29, 0.717) is 33.6 Å². The zero-order chi connectivity index (χ0) is 20.7. The van der Waals surface area contributed by atoms with Gasteiger partial charge in [0.15, 0.2) is 21.7 Å². The molecule has 0 aliphatic heterocycles.